The fourth-order valence-electron chi connectivity index (χ4n) is 3.14. The van der Waals surface area contributed by atoms with Gasteiger partial charge in [0.05, 0.1) is 0 Å². The normalized spacial score (nSPS) is 19.4. The van der Waals surface area contributed by atoms with Crippen LogP contribution in [-0.2, 0) is 13.6 Å². The van der Waals surface area contributed by atoms with E-state index in [0.29, 0.717) is 23.6 Å². The molecule has 1 aliphatic heterocycles. The fourth-order valence-corrected chi connectivity index (χ4v) is 3.14. The number of piperidine rings is 1. The van der Waals surface area contributed by atoms with Gasteiger partial charge in [0.2, 0.25) is 5.95 Å². The summed E-state index contributed by atoms with van der Waals surface area (Å²) in [5.74, 6) is 1.41. The molecule has 0 aliphatic carbocycles. The molecule has 7 nitrogen and oxygen atoms in total. The van der Waals surface area contributed by atoms with Gasteiger partial charge in [0.1, 0.15) is 0 Å². The molecule has 3 rings (SSSR count). The first-order valence-corrected chi connectivity index (χ1v) is 7.47. The van der Waals surface area contributed by atoms with Gasteiger partial charge in [-0.05, 0) is 25.7 Å². The van der Waals surface area contributed by atoms with Gasteiger partial charge in [-0.3, -0.25) is 14.3 Å². The number of aromatic nitrogens is 4. The van der Waals surface area contributed by atoms with E-state index in [1.54, 1.807) is 7.05 Å². The van der Waals surface area contributed by atoms with Gasteiger partial charge in [0.15, 0.2) is 11.2 Å². The monoisotopic (exact) mass is 291 g/mol. The number of nitrogens with zero attached hydrogens (tertiary/aromatic N) is 4. The molecule has 1 atom stereocenters. The standard InChI is InChI=1S/C14H21N5O2/c1-4-19-10-11(17(3)14(21)16-12(10)20)15-13(19)18-7-5-6-9(2)8-18/h9H,4-8H2,1-3H3,(H,16,20,21)/t9-/m1/s1. The largest absolute Gasteiger partial charge is 0.342 e. The molecule has 0 radical (unpaired) electrons. The highest BCUT2D eigenvalue weighted by Crippen LogP contribution is 2.24. The maximum absolute atomic E-state index is 12.1. The van der Waals surface area contributed by atoms with Crippen molar-refractivity contribution in [3.8, 4) is 0 Å². The van der Waals surface area contributed by atoms with Crippen LogP contribution in [0.15, 0.2) is 9.59 Å². The van der Waals surface area contributed by atoms with E-state index >= 15 is 0 Å². The third-order valence-electron chi connectivity index (χ3n) is 4.24. The topological polar surface area (TPSA) is 75.9 Å². The number of hydrogen-bond acceptors (Lipinski definition) is 4. The lowest BCUT2D eigenvalue weighted by Crippen LogP contribution is -2.36. The second-order valence-corrected chi connectivity index (χ2v) is 5.84. The molecule has 0 amide bonds. The van der Waals surface area contributed by atoms with Gasteiger partial charge in [0, 0.05) is 26.7 Å². The molecule has 3 heterocycles. The zero-order valence-corrected chi connectivity index (χ0v) is 12.7. The summed E-state index contributed by atoms with van der Waals surface area (Å²) < 4.78 is 3.31. The first kappa shape index (κ1) is 13.9. The molecule has 0 aromatic carbocycles. The molecule has 114 valence electrons. The molecule has 1 saturated heterocycles. The van der Waals surface area contributed by atoms with Crippen LogP contribution in [0.1, 0.15) is 26.7 Å². The maximum atomic E-state index is 12.1. The predicted molar refractivity (Wildman–Crippen MR) is 81.9 cm³/mol. The first-order chi connectivity index (χ1) is 10.0. The van der Waals surface area contributed by atoms with Crippen molar-refractivity contribution in [1.82, 2.24) is 19.1 Å². The summed E-state index contributed by atoms with van der Waals surface area (Å²) in [5, 5.41) is 0. The molecule has 21 heavy (non-hydrogen) atoms. The predicted octanol–water partition coefficient (Wildman–Crippen LogP) is 0.679. The average Bonchev–Trinajstić information content (AvgIpc) is 2.85. The van der Waals surface area contributed by atoms with Crippen LogP contribution < -0.4 is 16.1 Å². The highest BCUT2D eigenvalue weighted by molar-refractivity contribution is 5.74. The highest BCUT2D eigenvalue weighted by Gasteiger charge is 2.24. The van der Waals surface area contributed by atoms with E-state index in [0.717, 1.165) is 25.5 Å². The number of imidazole rings is 1. The van der Waals surface area contributed by atoms with Crippen molar-refractivity contribution in [3.63, 3.8) is 0 Å². The van der Waals surface area contributed by atoms with Gasteiger partial charge in [0.25, 0.3) is 5.56 Å². The molecule has 2 aromatic rings. The number of aromatic amines is 1. The second-order valence-electron chi connectivity index (χ2n) is 5.84. The van der Waals surface area contributed by atoms with Crippen LogP contribution in [0.3, 0.4) is 0 Å². The van der Waals surface area contributed by atoms with Crippen molar-refractivity contribution in [3.05, 3.63) is 20.8 Å². The van der Waals surface area contributed by atoms with Crippen LogP contribution in [-0.4, -0.2) is 32.2 Å². The zero-order valence-electron chi connectivity index (χ0n) is 12.7. The smallest absolute Gasteiger partial charge is 0.329 e. The lowest BCUT2D eigenvalue weighted by molar-refractivity contribution is 0.438. The van der Waals surface area contributed by atoms with Crippen molar-refractivity contribution in [2.45, 2.75) is 33.2 Å². The third-order valence-corrected chi connectivity index (χ3v) is 4.24. The minimum atomic E-state index is -0.424. The quantitative estimate of drug-likeness (QED) is 0.883. The van der Waals surface area contributed by atoms with Crippen molar-refractivity contribution in [2.24, 2.45) is 13.0 Å². The SMILES string of the molecule is CCn1c(N2CCC[C@@H](C)C2)nc2c1c(=O)[nH]c(=O)n2C. The second kappa shape index (κ2) is 5.05. The molecule has 1 aliphatic rings. The van der Waals surface area contributed by atoms with E-state index in [4.69, 9.17) is 0 Å². The third kappa shape index (κ3) is 2.16. The zero-order chi connectivity index (χ0) is 15.1. The Morgan fingerprint density at radius 2 is 2.14 bits per heavy atom. The number of rotatable bonds is 2. The van der Waals surface area contributed by atoms with Gasteiger partial charge >= 0.3 is 5.69 Å². The number of fused-ring (bicyclic) bond motifs is 1. The van der Waals surface area contributed by atoms with Crippen molar-refractivity contribution in [2.75, 3.05) is 18.0 Å². The number of anilines is 1. The summed E-state index contributed by atoms with van der Waals surface area (Å²) in [6, 6.07) is 0. The van der Waals surface area contributed by atoms with Gasteiger partial charge in [-0.25, -0.2) is 4.79 Å². The van der Waals surface area contributed by atoms with Crippen LogP contribution in [0, 0.1) is 5.92 Å². The van der Waals surface area contributed by atoms with E-state index in [9.17, 15) is 9.59 Å². The molecule has 0 unspecified atom stereocenters. The molecule has 0 bridgehead atoms. The Morgan fingerprint density at radius 3 is 2.81 bits per heavy atom. The van der Waals surface area contributed by atoms with E-state index in [-0.39, 0.29) is 5.56 Å². The Kier molecular flexibility index (Phi) is 3.35. The summed E-state index contributed by atoms with van der Waals surface area (Å²) in [7, 11) is 1.64. The number of H-pyrrole nitrogens is 1. The summed E-state index contributed by atoms with van der Waals surface area (Å²) in [6.45, 7) is 6.75. The average molecular weight is 291 g/mol. The Labute approximate surface area is 122 Å². The molecule has 0 spiro atoms. The van der Waals surface area contributed by atoms with Gasteiger partial charge < -0.3 is 9.47 Å². The number of hydrogen-bond donors (Lipinski definition) is 1. The molecule has 7 heteroatoms. The Balaban J connectivity index is 2.24. The Morgan fingerprint density at radius 1 is 1.38 bits per heavy atom. The molecule has 0 saturated carbocycles. The lowest BCUT2D eigenvalue weighted by atomic mass is 10.0. The van der Waals surface area contributed by atoms with Crippen molar-refractivity contribution in [1.29, 1.82) is 0 Å². The molecule has 1 fully saturated rings. The fraction of sp³-hybridized carbons (Fsp3) is 0.643. The summed E-state index contributed by atoms with van der Waals surface area (Å²) in [4.78, 5) is 33.1. The Bertz CT molecular complexity index is 785. The van der Waals surface area contributed by atoms with Crippen molar-refractivity contribution < 1.29 is 0 Å². The van der Waals surface area contributed by atoms with Crippen LogP contribution in [0.4, 0.5) is 5.95 Å². The summed E-state index contributed by atoms with van der Waals surface area (Å²) in [5.41, 5.74) is 0.150. The highest BCUT2D eigenvalue weighted by atomic mass is 16.2. The molecular weight excluding hydrogens is 270 g/mol. The summed E-state index contributed by atoms with van der Waals surface area (Å²) in [6.07, 6.45) is 2.35. The number of aryl methyl sites for hydroxylation is 2. The van der Waals surface area contributed by atoms with Crippen LogP contribution in [0.2, 0.25) is 0 Å². The van der Waals surface area contributed by atoms with Gasteiger partial charge in [-0.1, -0.05) is 6.92 Å². The minimum Gasteiger partial charge on any atom is -0.342 e. The maximum Gasteiger partial charge on any atom is 0.329 e. The lowest BCUT2D eigenvalue weighted by Gasteiger charge is -2.31. The molecule has 1 N–H and O–H groups in total. The van der Waals surface area contributed by atoms with E-state index < -0.39 is 5.69 Å². The molecular formula is C14H21N5O2. The van der Waals surface area contributed by atoms with Gasteiger partial charge in [-0.15, -0.1) is 0 Å². The van der Waals surface area contributed by atoms with Crippen molar-refractivity contribution >= 4 is 17.1 Å². The van der Waals surface area contributed by atoms with Crippen LogP contribution in [0.5, 0.6) is 0 Å². The minimum absolute atomic E-state index is 0.362. The van der Waals surface area contributed by atoms with E-state index in [1.165, 1.54) is 11.0 Å². The van der Waals surface area contributed by atoms with Crippen LogP contribution >= 0.6 is 0 Å². The molecule has 2 aromatic heterocycles. The van der Waals surface area contributed by atoms with Crippen LogP contribution in [0.25, 0.3) is 11.2 Å². The van der Waals surface area contributed by atoms with E-state index in [2.05, 4.69) is 21.8 Å². The number of nitrogens with one attached hydrogen (secondary N) is 1. The van der Waals surface area contributed by atoms with E-state index in [1.807, 2.05) is 11.5 Å². The first-order valence-electron chi connectivity index (χ1n) is 7.47. The summed E-state index contributed by atoms with van der Waals surface area (Å²) >= 11 is 0. The Hall–Kier alpha value is -2.05. The van der Waals surface area contributed by atoms with Gasteiger partial charge in [-0.2, -0.15) is 4.98 Å².